The van der Waals surface area contributed by atoms with Crippen LogP contribution in [0.2, 0.25) is 0 Å². The third kappa shape index (κ3) is 5.42. The largest absolute Gasteiger partial charge is 0.459 e. The van der Waals surface area contributed by atoms with Gasteiger partial charge in [0.15, 0.2) is 11.7 Å². The molecule has 0 aromatic heterocycles. The van der Waals surface area contributed by atoms with E-state index in [1.807, 2.05) is 0 Å². The number of ether oxygens (including phenoxy) is 4. The first kappa shape index (κ1) is 32.1. The van der Waals surface area contributed by atoms with Gasteiger partial charge in [-0.15, -0.1) is 11.6 Å². The molecule has 0 radical (unpaired) electrons. The van der Waals surface area contributed by atoms with E-state index in [1.165, 1.54) is 19.9 Å². The monoisotopic (exact) mass is 584 g/mol. The molecule has 1 heterocycles. The first-order chi connectivity index (χ1) is 18.4. The number of rotatable bonds is 5. The minimum atomic E-state index is -2.25. The van der Waals surface area contributed by atoms with Crippen LogP contribution in [0.25, 0.3) is 0 Å². The van der Waals surface area contributed by atoms with Gasteiger partial charge in [-0.2, -0.15) is 0 Å². The molecular weight excluding hydrogens is 544 g/mol. The van der Waals surface area contributed by atoms with Crippen LogP contribution in [-0.4, -0.2) is 75.1 Å². The van der Waals surface area contributed by atoms with Crippen molar-refractivity contribution in [2.45, 2.75) is 109 Å². The van der Waals surface area contributed by atoms with Crippen LogP contribution in [0, 0.1) is 23.2 Å². The topological polar surface area (TPSA) is 146 Å². The molecule has 0 aromatic carbocycles. The van der Waals surface area contributed by atoms with Gasteiger partial charge >= 0.3 is 23.9 Å². The van der Waals surface area contributed by atoms with E-state index >= 15 is 0 Å². The third-order valence-corrected chi connectivity index (χ3v) is 9.28. The van der Waals surface area contributed by atoms with Gasteiger partial charge in [0.25, 0.3) is 0 Å². The van der Waals surface area contributed by atoms with Crippen LogP contribution < -0.4 is 0 Å². The fourth-order valence-corrected chi connectivity index (χ4v) is 6.69. The predicted molar refractivity (Wildman–Crippen MR) is 144 cm³/mol. The van der Waals surface area contributed by atoms with E-state index in [9.17, 15) is 29.4 Å². The molecule has 0 spiro atoms. The lowest BCUT2D eigenvalue weighted by Gasteiger charge is -2.58. The van der Waals surface area contributed by atoms with Gasteiger partial charge in [0, 0.05) is 24.7 Å². The summed E-state index contributed by atoms with van der Waals surface area (Å²) in [5.74, 6) is -5.63. The lowest BCUT2D eigenvalue weighted by molar-refractivity contribution is -0.266. The summed E-state index contributed by atoms with van der Waals surface area (Å²) in [5.41, 5.74) is -5.15. The maximum absolute atomic E-state index is 12.9. The summed E-state index contributed by atoms with van der Waals surface area (Å²) >= 11 is 6.72. The molecular formula is C29H41ClO10. The molecule has 1 aliphatic heterocycles. The lowest BCUT2D eigenvalue weighted by Crippen LogP contribution is -2.71. The Morgan fingerprint density at radius 3 is 2.38 bits per heavy atom. The van der Waals surface area contributed by atoms with Gasteiger partial charge in [0.05, 0.1) is 17.2 Å². The molecule has 3 rings (SSSR count). The number of alkyl halides is 1. The van der Waals surface area contributed by atoms with E-state index in [0.29, 0.717) is 0 Å². The first-order valence-corrected chi connectivity index (χ1v) is 14.1. The molecule has 2 aliphatic carbocycles. The highest BCUT2D eigenvalue weighted by Crippen LogP contribution is 2.57. The zero-order valence-corrected chi connectivity index (χ0v) is 24.9. The summed E-state index contributed by atoms with van der Waals surface area (Å²) in [6, 6.07) is 0. The molecule has 10 nitrogen and oxygen atoms in total. The van der Waals surface area contributed by atoms with Gasteiger partial charge in [-0.05, 0) is 38.3 Å². The van der Waals surface area contributed by atoms with Crippen LogP contribution in [0.3, 0.4) is 0 Å². The zero-order valence-electron chi connectivity index (χ0n) is 24.1. The second-order valence-corrected chi connectivity index (χ2v) is 12.4. The smallest absolute Gasteiger partial charge is 0.312 e. The number of fused-ring (bicyclic) bond motifs is 2. The molecule has 3 aliphatic rings. The molecule has 0 amide bonds. The normalized spacial score (nSPS) is 42.2. The highest BCUT2D eigenvalue weighted by atomic mass is 35.5. The van der Waals surface area contributed by atoms with Crippen LogP contribution in [0.1, 0.15) is 67.7 Å². The second kappa shape index (κ2) is 11.4. The van der Waals surface area contributed by atoms with Crippen molar-refractivity contribution in [3.8, 4) is 0 Å². The second-order valence-electron chi connectivity index (χ2n) is 11.9. The van der Waals surface area contributed by atoms with Crippen LogP contribution in [0.15, 0.2) is 24.3 Å². The quantitative estimate of drug-likeness (QED) is 0.281. The molecule has 1 saturated carbocycles. The molecule has 11 heteroatoms. The van der Waals surface area contributed by atoms with Gasteiger partial charge < -0.3 is 29.2 Å². The fraction of sp³-hybridized carbons (Fsp3) is 0.724. The predicted octanol–water partition coefficient (Wildman–Crippen LogP) is 3.00. The Kier molecular flexibility index (Phi) is 9.19. The van der Waals surface area contributed by atoms with Gasteiger partial charge in [0.1, 0.15) is 23.9 Å². The van der Waals surface area contributed by atoms with E-state index in [4.69, 9.17) is 30.5 Å². The van der Waals surface area contributed by atoms with Gasteiger partial charge in [-0.3, -0.25) is 19.2 Å². The number of carbonyl (C=O) groups excluding carboxylic acids is 4. The fourth-order valence-electron chi connectivity index (χ4n) is 6.37. The minimum Gasteiger partial charge on any atom is -0.459 e. The Balaban J connectivity index is 2.36. The van der Waals surface area contributed by atoms with E-state index in [-0.39, 0.29) is 24.8 Å². The molecule has 0 aromatic rings. The van der Waals surface area contributed by atoms with Crippen molar-refractivity contribution in [3.05, 3.63) is 24.3 Å². The number of halogens is 1. The summed E-state index contributed by atoms with van der Waals surface area (Å²) < 4.78 is 23.0. The summed E-state index contributed by atoms with van der Waals surface area (Å²) in [4.78, 5) is 50.8. The minimum absolute atomic E-state index is 0.0634. The summed E-state index contributed by atoms with van der Waals surface area (Å²) in [5, 5.41) is 23.5. The Bertz CT molecular complexity index is 1080. The summed E-state index contributed by atoms with van der Waals surface area (Å²) in [6.07, 6.45) is -1.53. The van der Waals surface area contributed by atoms with Crippen molar-refractivity contribution in [2.75, 3.05) is 0 Å². The Morgan fingerprint density at radius 2 is 1.82 bits per heavy atom. The van der Waals surface area contributed by atoms with E-state index < -0.39 is 88.0 Å². The van der Waals surface area contributed by atoms with Crippen LogP contribution in [0.4, 0.5) is 0 Å². The summed E-state index contributed by atoms with van der Waals surface area (Å²) in [6.45, 7) is 14.6. The highest BCUT2D eigenvalue weighted by Gasteiger charge is 2.71. The van der Waals surface area contributed by atoms with E-state index in [0.717, 1.165) is 6.92 Å². The standard InChI is InChI=1S/C29H41ClO10/c1-9-20(32)38-18-11-10-15(4)21(30)23-29(36,16(5)26(34)40-23)24(37-17(6)31)22-27(18,7)13-12-19(28(22,8)35)39-25(33)14(2)3/h10-11,14,16,18-19,21-24,35-36H,4,9,12-13H2,1-3,5-8H3/b11-10-/t16?,18-,19+,21+,22-,23+,24-,27-,28-,29+/m1/s1. The molecule has 10 atom stereocenters. The molecule has 2 fully saturated rings. The average molecular weight is 585 g/mol. The highest BCUT2D eigenvalue weighted by molar-refractivity contribution is 6.23. The van der Waals surface area contributed by atoms with Crippen molar-refractivity contribution < 1.29 is 48.3 Å². The Morgan fingerprint density at radius 1 is 1.20 bits per heavy atom. The van der Waals surface area contributed by atoms with Gasteiger partial charge in [0.2, 0.25) is 0 Å². The molecule has 2 N–H and O–H groups in total. The number of esters is 4. The number of hydrogen-bond acceptors (Lipinski definition) is 10. The van der Waals surface area contributed by atoms with Crippen LogP contribution >= 0.6 is 11.6 Å². The van der Waals surface area contributed by atoms with Gasteiger partial charge in [-0.1, -0.05) is 40.3 Å². The number of aliphatic hydroxyl groups is 2. The van der Waals surface area contributed by atoms with Crippen molar-refractivity contribution in [1.29, 1.82) is 0 Å². The number of allylic oxidation sites excluding steroid dienone is 1. The van der Waals surface area contributed by atoms with E-state index in [2.05, 4.69) is 6.58 Å². The van der Waals surface area contributed by atoms with E-state index in [1.54, 1.807) is 33.8 Å². The maximum atomic E-state index is 12.9. The average Bonchev–Trinajstić information content (AvgIpc) is 3.10. The maximum Gasteiger partial charge on any atom is 0.312 e. The molecule has 1 saturated heterocycles. The SMILES string of the molecule is C=C1/C=C\[C@@H](OC(=O)CC)[C@@]2(C)CC[C@H](OC(=O)C(C)C)[C@@](C)(O)[C@@H]2[C@@H](OC(C)=O)[C@]2(O)C(C)C(=O)O[C@H]2[C@H]1Cl. The molecule has 1 unspecified atom stereocenters. The van der Waals surface area contributed by atoms with Gasteiger partial charge in [-0.25, -0.2) is 0 Å². The molecule has 224 valence electrons. The number of hydrogen-bond donors (Lipinski definition) is 2. The summed E-state index contributed by atoms with van der Waals surface area (Å²) in [7, 11) is 0. The van der Waals surface area contributed by atoms with Crippen molar-refractivity contribution >= 4 is 35.5 Å². The van der Waals surface area contributed by atoms with Crippen LogP contribution in [0.5, 0.6) is 0 Å². The Labute approximate surface area is 240 Å². The number of carbonyl (C=O) groups is 4. The van der Waals surface area contributed by atoms with Crippen molar-refractivity contribution in [2.24, 2.45) is 23.2 Å². The molecule has 0 bridgehead atoms. The van der Waals surface area contributed by atoms with Crippen LogP contribution in [-0.2, 0) is 38.1 Å². The lowest BCUT2D eigenvalue weighted by atomic mass is 9.52. The first-order valence-electron chi connectivity index (χ1n) is 13.7. The molecule has 40 heavy (non-hydrogen) atoms. The Hall–Kier alpha value is -2.43. The zero-order chi connectivity index (χ0) is 30.4. The van der Waals surface area contributed by atoms with Crippen molar-refractivity contribution in [1.82, 2.24) is 0 Å². The van der Waals surface area contributed by atoms with Crippen molar-refractivity contribution in [3.63, 3.8) is 0 Å². The third-order valence-electron chi connectivity index (χ3n) is 8.77.